The van der Waals surface area contributed by atoms with Crippen molar-refractivity contribution in [2.75, 3.05) is 20.1 Å². The Balaban J connectivity index is 2.42. The maximum Gasteiger partial charge on any atom is 0.459 e. The molecule has 66 valence electrons. The van der Waals surface area contributed by atoms with Crippen molar-refractivity contribution in [1.82, 2.24) is 10.2 Å². The van der Waals surface area contributed by atoms with Gasteiger partial charge in [-0.3, -0.25) is 0 Å². The first-order valence-electron chi connectivity index (χ1n) is 3.53. The third kappa shape index (κ3) is 2.07. The van der Waals surface area contributed by atoms with E-state index in [1.165, 1.54) is 0 Å². The molecule has 0 radical (unpaired) electrons. The predicted octanol–water partition coefficient (Wildman–Crippen LogP) is 0.800. The van der Waals surface area contributed by atoms with Crippen molar-refractivity contribution in [3.63, 3.8) is 0 Å². The van der Waals surface area contributed by atoms with Gasteiger partial charge in [0.2, 0.25) is 0 Å². The highest BCUT2D eigenvalue weighted by atomic mass is 19.4. The van der Waals surface area contributed by atoms with Gasteiger partial charge in [0.1, 0.15) is 0 Å². The van der Waals surface area contributed by atoms with Crippen LogP contribution >= 0.6 is 0 Å². The van der Waals surface area contributed by atoms with Gasteiger partial charge in [0.05, 0.1) is 0 Å². The minimum Gasteiger partial charge on any atom is -0.316 e. The molecule has 0 aromatic rings. The molecule has 1 heterocycles. The number of nitrogens with one attached hydrogen (secondary N) is 1. The van der Waals surface area contributed by atoms with Gasteiger partial charge >= 0.3 is 6.30 Å². The summed E-state index contributed by atoms with van der Waals surface area (Å²) in [5.41, 5.74) is 0. The van der Waals surface area contributed by atoms with Crippen LogP contribution in [0.15, 0.2) is 0 Å². The van der Waals surface area contributed by atoms with Crippen molar-refractivity contribution < 1.29 is 13.2 Å². The first kappa shape index (κ1) is 8.80. The summed E-state index contributed by atoms with van der Waals surface area (Å²) in [6.07, 6.45) is -3.57. The van der Waals surface area contributed by atoms with Crippen LogP contribution in [-0.4, -0.2) is 37.4 Å². The van der Waals surface area contributed by atoms with Crippen LogP contribution in [0.3, 0.4) is 0 Å². The average Bonchev–Trinajstić information content (AvgIpc) is 2.32. The summed E-state index contributed by atoms with van der Waals surface area (Å²) in [6, 6.07) is -0.00313. The van der Waals surface area contributed by atoms with E-state index >= 15 is 0 Å². The first-order valence-corrected chi connectivity index (χ1v) is 3.53. The second kappa shape index (κ2) is 2.98. The molecular formula is C6H11F3N2. The topological polar surface area (TPSA) is 15.3 Å². The Labute approximate surface area is 63.4 Å². The summed E-state index contributed by atoms with van der Waals surface area (Å²) in [6.45, 7) is 0.203. The molecule has 0 aromatic carbocycles. The summed E-state index contributed by atoms with van der Waals surface area (Å²) in [5.74, 6) is 0. The van der Waals surface area contributed by atoms with Crippen LogP contribution in [-0.2, 0) is 0 Å². The van der Waals surface area contributed by atoms with Crippen molar-refractivity contribution in [2.45, 2.75) is 18.8 Å². The number of hydrogen-bond acceptors (Lipinski definition) is 2. The molecule has 1 unspecified atom stereocenters. The quantitative estimate of drug-likeness (QED) is 0.582. The normalized spacial score (nSPS) is 27.8. The fourth-order valence-electron chi connectivity index (χ4n) is 1.23. The van der Waals surface area contributed by atoms with Gasteiger partial charge in [-0.25, -0.2) is 4.90 Å². The zero-order valence-corrected chi connectivity index (χ0v) is 6.28. The minimum atomic E-state index is -4.15. The van der Waals surface area contributed by atoms with E-state index in [-0.39, 0.29) is 19.1 Å². The van der Waals surface area contributed by atoms with E-state index < -0.39 is 6.30 Å². The lowest BCUT2D eigenvalue weighted by Gasteiger charge is -2.18. The first-order chi connectivity index (χ1) is 5.04. The molecular weight excluding hydrogens is 157 g/mol. The van der Waals surface area contributed by atoms with Gasteiger partial charge in [-0.2, -0.15) is 13.2 Å². The van der Waals surface area contributed by atoms with E-state index in [9.17, 15) is 13.2 Å². The number of nitrogens with zero attached hydrogens (tertiary/aromatic N) is 1. The number of hydrogen-bond donors (Lipinski definition) is 1. The number of rotatable bonds is 1. The molecule has 0 aliphatic carbocycles. The standard InChI is InChI=1S/C6H11F3N2/c1-10-5-2-3-11(4-5)6(7,8)9/h5,10H,2-4H2,1H3. The van der Waals surface area contributed by atoms with E-state index in [1.54, 1.807) is 7.05 Å². The molecule has 1 atom stereocenters. The Morgan fingerprint density at radius 1 is 1.45 bits per heavy atom. The third-order valence-corrected chi connectivity index (χ3v) is 1.96. The van der Waals surface area contributed by atoms with Crippen LogP contribution in [0.5, 0.6) is 0 Å². The molecule has 1 saturated heterocycles. The lowest BCUT2D eigenvalue weighted by Crippen LogP contribution is -2.38. The second-order valence-corrected chi connectivity index (χ2v) is 2.69. The van der Waals surface area contributed by atoms with Crippen LogP contribution in [0.25, 0.3) is 0 Å². The Kier molecular flexibility index (Phi) is 2.39. The van der Waals surface area contributed by atoms with Crippen LogP contribution < -0.4 is 5.32 Å². The fraction of sp³-hybridized carbons (Fsp3) is 1.00. The second-order valence-electron chi connectivity index (χ2n) is 2.69. The summed E-state index contributed by atoms with van der Waals surface area (Å²) >= 11 is 0. The number of likely N-dealkylation sites (N-methyl/N-ethyl adjacent to an activating group) is 1. The molecule has 1 fully saturated rings. The lowest BCUT2D eigenvalue weighted by molar-refractivity contribution is -0.238. The van der Waals surface area contributed by atoms with Crippen LogP contribution in [0, 0.1) is 0 Å². The van der Waals surface area contributed by atoms with E-state index in [4.69, 9.17) is 0 Å². The van der Waals surface area contributed by atoms with E-state index in [1.807, 2.05) is 0 Å². The SMILES string of the molecule is CNC1CCN(C(F)(F)F)C1. The number of halogens is 3. The monoisotopic (exact) mass is 168 g/mol. The van der Waals surface area contributed by atoms with Gasteiger partial charge in [0.15, 0.2) is 0 Å². The Morgan fingerprint density at radius 2 is 2.09 bits per heavy atom. The number of likely N-dealkylation sites (tertiary alicyclic amines) is 1. The minimum absolute atomic E-state index is 0.00313. The highest BCUT2D eigenvalue weighted by Crippen LogP contribution is 2.25. The van der Waals surface area contributed by atoms with Crippen LogP contribution in [0.1, 0.15) is 6.42 Å². The molecule has 11 heavy (non-hydrogen) atoms. The van der Waals surface area contributed by atoms with Gasteiger partial charge in [0, 0.05) is 19.1 Å². The molecule has 0 amide bonds. The van der Waals surface area contributed by atoms with E-state index in [2.05, 4.69) is 5.32 Å². The molecule has 0 bridgehead atoms. The highest BCUT2D eigenvalue weighted by Gasteiger charge is 2.41. The van der Waals surface area contributed by atoms with Crippen molar-refractivity contribution >= 4 is 0 Å². The summed E-state index contributed by atoms with van der Waals surface area (Å²) in [7, 11) is 1.69. The predicted molar refractivity (Wildman–Crippen MR) is 35.1 cm³/mol. The van der Waals surface area contributed by atoms with Gasteiger partial charge < -0.3 is 5.32 Å². The van der Waals surface area contributed by atoms with Crippen molar-refractivity contribution in [1.29, 1.82) is 0 Å². The molecule has 0 aromatic heterocycles. The maximum absolute atomic E-state index is 12.0. The highest BCUT2D eigenvalue weighted by molar-refractivity contribution is 4.80. The lowest BCUT2D eigenvalue weighted by atomic mass is 10.3. The summed E-state index contributed by atoms with van der Waals surface area (Å²) in [5, 5.41) is 2.82. The molecule has 0 saturated carbocycles. The number of alkyl halides is 3. The Hall–Kier alpha value is -0.290. The van der Waals surface area contributed by atoms with Gasteiger partial charge in [-0.05, 0) is 13.5 Å². The molecule has 1 N–H and O–H groups in total. The van der Waals surface area contributed by atoms with E-state index in [0.717, 1.165) is 0 Å². The van der Waals surface area contributed by atoms with Gasteiger partial charge in [0.25, 0.3) is 0 Å². The third-order valence-electron chi connectivity index (χ3n) is 1.96. The van der Waals surface area contributed by atoms with Crippen molar-refractivity contribution in [3.05, 3.63) is 0 Å². The molecule has 2 nitrogen and oxygen atoms in total. The summed E-state index contributed by atoms with van der Waals surface area (Å²) in [4.78, 5) is 0.536. The zero-order chi connectivity index (χ0) is 8.48. The molecule has 1 aliphatic rings. The van der Waals surface area contributed by atoms with Crippen molar-refractivity contribution in [2.24, 2.45) is 0 Å². The average molecular weight is 168 g/mol. The van der Waals surface area contributed by atoms with Crippen LogP contribution in [0.4, 0.5) is 13.2 Å². The molecule has 1 aliphatic heterocycles. The van der Waals surface area contributed by atoms with Gasteiger partial charge in [-0.1, -0.05) is 0 Å². The largest absolute Gasteiger partial charge is 0.459 e. The molecule has 1 rings (SSSR count). The smallest absolute Gasteiger partial charge is 0.316 e. The zero-order valence-electron chi connectivity index (χ0n) is 6.28. The fourth-order valence-corrected chi connectivity index (χ4v) is 1.23. The Bertz CT molecular complexity index is 134. The van der Waals surface area contributed by atoms with E-state index in [0.29, 0.717) is 11.3 Å². The molecule has 0 spiro atoms. The summed E-state index contributed by atoms with van der Waals surface area (Å²) < 4.78 is 35.9. The maximum atomic E-state index is 12.0. The van der Waals surface area contributed by atoms with Gasteiger partial charge in [-0.15, -0.1) is 0 Å². The molecule has 5 heteroatoms. The van der Waals surface area contributed by atoms with Crippen molar-refractivity contribution in [3.8, 4) is 0 Å². The Morgan fingerprint density at radius 3 is 2.36 bits per heavy atom. The van der Waals surface area contributed by atoms with Crippen LogP contribution in [0.2, 0.25) is 0 Å².